The van der Waals surface area contributed by atoms with Crippen LogP contribution in [0.3, 0.4) is 0 Å². The van der Waals surface area contributed by atoms with E-state index in [4.69, 9.17) is 4.99 Å². The number of ketones is 1. The van der Waals surface area contributed by atoms with Gasteiger partial charge >= 0.3 is 0 Å². The maximum absolute atomic E-state index is 12.5. The van der Waals surface area contributed by atoms with Gasteiger partial charge in [0.15, 0.2) is 5.78 Å². The van der Waals surface area contributed by atoms with E-state index in [1.165, 1.54) is 37.8 Å². The summed E-state index contributed by atoms with van der Waals surface area (Å²) in [6.07, 6.45) is 9.41. The minimum Gasteiger partial charge on any atom is -0.294 e. The van der Waals surface area contributed by atoms with Gasteiger partial charge < -0.3 is 0 Å². The molecule has 1 aliphatic carbocycles. The number of hydrogen-bond acceptors (Lipinski definition) is 2. The molecule has 2 rings (SSSR count). The lowest BCUT2D eigenvalue weighted by Gasteiger charge is -2.37. The highest BCUT2D eigenvalue weighted by Gasteiger charge is 2.34. The molecule has 0 N–H and O–H groups in total. The minimum atomic E-state index is 0.0224. The van der Waals surface area contributed by atoms with Crippen LogP contribution in [-0.2, 0) is 6.42 Å². The van der Waals surface area contributed by atoms with Gasteiger partial charge in [-0.05, 0) is 43.7 Å². The van der Waals surface area contributed by atoms with Crippen molar-refractivity contribution in [2.24, 2.45) is 22.2 Å². The smallest absolute Gasteiger partial charge is 0.165 e. The van der Waals surface area contributed by atoms with Crippen molar-refractivity contribution >= 4 is 17.2 Å². The van der Waals surface area contributed by atoms with Gasteiger partial charge in [-0.1, -0.05) is 79.0 Å². The summed E-state index contributed by atoms with van der Waals surface area (Å²) in [7, 11) is 0. The van der Waals surface area contributed by atoms with E-state index >= 15 is 0 Å². The molecule has 0 atom stereocenters. The molecule has 1 saturated carbocycles. The lowest BCUT2D eigenvalue weighted by atomic mass is 9.69. The fraction of sp³-hybridized carbons (Fsp3) is 0.615. The molecular formula is C26H39NO. The summed E-state index contributed by atoms with van der Waals surface area (Å²) in [5.41, 5.74) is 5.69. The number of hydrogen-bond donors (Lipinski definition) is 0. The first-order valence-corrected chi connectivity index (χ1v) is 11.2. The van der Waals surface area contributed by atoms with Gasteiger partial charge in [0.05, 0.1) is 5.70 Å². The third kappa shape index (κ3) is 5.01. The molecule has 154 valence electrons. The maximum Gasteiger partial charge on any atom is 0.165 e. The van der Waals surface area contributed by atoms with E-state index in [0.717, 1.165) is 28.8 Å². The monoisotopic (exact) mass is 381 g/mol. The SMILES string of the molecule is C/C=C(\N=C(C(C)C)C1(C)CCCCC1)c1ccc(C(=O)C(C)C)c(CC)c1. The third-order valence-electron chi connectivity index (χ3n) is 6.21. The number of Topliss-reactive ketones (excluding diaryl/α,β-unsaturated/α-hetero) is 1. The van der Waals surface area contributed by atoms with Crippen LogP contribution in [0.25, 0.3) is 5.70 Å². The van der Waals surface area contributed by atoms with E-state index < -0.39 is 0 Å². The molecule has 0 aliphatic heterocycles. The minimum absolute atomic E-state index is 0.0224. The zero-order chi connectivity index (χ0) is 20.9. The fourth-order valence-electron chi connectivity index (χ4n) is 4.57. The Morgan fingerprint density at radius 3 is 2.25 bits per heavy atom. The Bertz CT molecular complexity index is 746. The number of carbonyl (C=O) groups excluding carboxylic acids is 1. The van der Waals surface area contributed by atoms with Crippen molar-refractivity contribution in [2.75, 3.05) is 0 Å². The number of carbonyl (C=O) groups is 1. The van der Waals surface area contributed by atoms with Gasteiger partial charge in [-0.2, -0.15) is 0 Å². The number of rotatable bonds is 7. The average Bonchev–Trinajstić information content (AvgIpc) is 2.67. The van der Waals surface area contributed by atoms with Crippen LogP contribution in [0.4, 0.5) is 0 Å². The number of nitrogens with zero attached hydrogens (tertiary/aromatic N) is 1. The summed E-state index contributed by atoms with van der Waals surface area (Å²) in [4.78, 5) is 17.8. The van der Waals surface area contributed by atoms with Gasteiger partial charge in [0.2, 0.25) is 0 Å². The molecule has 0 spiro atoms. The lowest BCUT2D eigenvalue weighted by Crippen LogP contribution is -2.33. The molecule has 28 heavy (non-hydrogen) atoms. The Hall–Kier alpha value is -1.70. The topological polar surface area (TPSA) is 29.4 Å². The van der Waals surface area contributed by atoms with Gasteiger partial charge in [-0.3, -0.25) is 9.79 Å². The van der Waals surface area contributed by atoms with Crippen LogP contribution in [0.15, 0.2) is 29.3 Å². The summed E-state index contributed by atoms with van der Waals surface area (Å²) >= 11 is 0. The van der Waals surface area contributed by atoms with Gasteiger partial charge in [-0.15, -0.1) is 0 Å². The third-order valence-corrected chi connectivity index (χ3v) is 6.21. The molecule has 2 heteroatoms. The first kappa shape index (κ1) is 22.6. The average molecular weight is 382 g/mol. The fourth-order valence-corrected chi connectivity index (χ4v) is 4.57. The molecule has 0 aromatic heterocycles. The number of aliphatic imine (C=N–C) groups is 1. The normalized spacial score (nSPS) is 18.0. The Morgan fingerprint density at radius 1 is 1.11 bits per heavy atom. The number of allylic oxidation sites excluding steroid dienone is 1. The molecule has 0 radical (unpaired) electrons. The predicted octanol–water partition coefficient (Wildman–Crippen LogP) is 7.52. The largest absolute Gasteiger partial charge is 0.294 e. The Morgan fingerprint density at radius 2 is 1.75 bits per heavy atom. The van der Waals surface area contributed by atoms with Crippen LogP contribution in [0, 0.1) is 17.3 Å². The van der Waals surface area contributed by atoms with Crippen molar-refractivity contribution in [3.8, 4) is 0 Å². The van der Waals surface area contributed by atoms with Crippen molar-refractivity contribution in [1.82, 2.24) is 0 Å². The molecule has 1 aromatic rings. The standard InChI is InChI=1S/C26H39NO/c1-8-20-17-21(13-14-22(20)24(28)18(3)4)23(9-2)27-25(19(5)6)26(7)15-11-10-12-16-26/h9,13-14,17-19H,8,10-12,15-16H2,1-7H3/b23-9-,27-25?. The number of aryl methyl sites for hydroxylation is 1. The van der Waals surface area contributed by atoms with E-state index in [2.05, 4.69) is 52.8 Å². The predicted molar refractivity (Wildman–Crippen MR) is 122 cm³/mol. The second kappa shape index (κ2) is 9.67. The number of benzene rings is 1. The van der Waals surface area contributed by atoms with Crippen LogP contribution in [0.2, 0.25) is 0 Å². The molecule has 1 aliphatic rings. The van der Waals surface area contributed by atoms with Gasteiger partial charge in [0, 0.05) is 28.2 Å². The Kier molecular flexibility index (Phi) is 7.80. The Labute approximate surface area is 172 Å². The molecule has 2 nitrogen and oxygen atoms in total. The van der Waals surface area contributed by atoms with Crippen molar-refractivity contribution in [1.29, 1.82) is 0 Å². The second-order valence-electron chi connectivity index (χ2n) is 9.19. The molecular weight excluding hydrogens is 342 g/mol. The highest BCUT2D eigenvalue weighted by atomic mass is 16.1. The van der Waals surface area contributed by atoms with Crippen molar-refractivity contribution in [2.45, 2.75) is 87.0 Å². The van der Waals surface area contributed by atoms with E-state index in [0.29, 0.717) is 5.92 Å². The quantitative estimate of drug-likeness (QED) is 0.355. The van der Waals surface area contributed by atoms with Crippen LogP contribution >= 0.6 is 0 Å². The van der Waals surface area contributed by atoms with E-state index in [9.17, 15) is 4.79 Å². The summed E-state index contributed by atoms with van der Waals surface area (Å²) in [5, 5.41) is 0. The first-order valence-electron chi connectivity index (χ1n) is 11.2. The van der Waals surface area contributed by atoms with E-state index in [1.807, 2.05) is 19.9 Å². The second-order valence-corrected chi connectivity index (χ2v) is 9.19. The van der Waals surface area contributed by atoms with Crippen LogP contribution in [0.1, 0.15) is 102 Å². The van der Waals surface area contributed by atoms with E-state index in [1.54, 1.807) is 0 Å². The van der Waals surface area contributed by atoms with Gasteiger partial charge in [0.25, 0.3) is 0 Å². The zero-order valence-corrected chi connectivity index (χ0v) is 19.1. The van der Waals surface area contributed by atoms with Crippen molar-refractivity contribution < 1.29 is 4.79 Å². The molecule has 0 amide bonds. The molecule has 0 saturated heterocycles. The lowest BCUT2D eigenvalue weighted by molar-refractivity contribution is 0.0938. The summed E-state index contributed by atoms with van der Waals surface area (Å²) < 4.78 is 0. The molecule has 0 unspecified atom stereocenters. The van der Waals surface area contributed by atoms with Crippen LogP contribution in [-0.4, -0.2) is 11.5 Å². The van der Waals surface area contributed by atoms with Gasteiger partial charge in [0.1, 0.15) is 0 Å². The highest BCUT2D eigenvalue weighted by Crippen LogP contribution is 2.40. The maximum atomic E-state index is 12.5. The highest BCUT2D eigenvalue weighted by molar-refractivity contribution is 5.99. The van der Waals surface area contributed by atoms with Crippen molar-refractivity contribution in [3.63, 3.8) is 0 Å². The molecule has 1 fully saturated rings. The van der Waals surface area contributed by atoms with E-state index in [-0.39, 0.29) is 17.1 Å². The molecule has 0 heterocycles. The van der Waals surface area contributed by atoms with Crippen LogP contribution < -0.4 is 0 Å². The Balaban J connectivity index is 2.46. The molecule has 0 bridgehead atoms. The first-order chi connectivity index (χ1) is 13.2. The van der Waals surface area contributed by atoms with Crippen molar-refractivity contribution in [3.05, 3.63) is 41.0 Å². The van der Waals surface area contributed by atoms with Gasteiger partial charge in [-0.25, -0.2) is 0 Å². The summed E-state index contributed by atoms with van der Waals surface area (Å²) in [6.45, 7) is 15.1. The molecule has 1 aromatic carbocycles. The summed E-state index contributed by atoms with van der Waals surface area (Å²) in [6, 6.07) is 6.26. The zero-order valence-electron chi connectivity index (χ0n) is 19.1. The van der Waals surface area contributed by atoms with Crippen LogP contribution in [0.5, 0.6) is 0 Å². The summed E-state index contributed by atoms with van der Waals surface area (Å²) in [5.74, 6) is 0.686.